The molecule has 0 bridgehead atoms. The zero-order chi connectivity index (χ0) is 28.3. The predicted octanol–water partition coefficient (Wildman–Crippen LogP) is 7.66. The van der Waals surface area contributed by atoms with Gasteiger partial charge >= 0.3 is 6.18 Å². The van der Waals surface area contributed by atoms with E-state index in [1.165, 1.54) is 12.1 Å². The lowest BCUT2D eigenvalue weighted by Gasteiger charge is -2.14. The van der Waals surface area contributed by atoms with Crippen molar-refractivity contribution in [1.82, 2.24) is 10.3 Å². The number of nitrogens with zero attached hydrogens (tertiary/aromatic N) is 1. The summed E-state index contributed by atoms with van der Waals surface area (Å²) in [5, 5.41) is 6.48. The minimum Gasteiger partial charge on any atom is -0.346 e. The summed E-state index contributed by atoms with van der Waals surface area (Å²) in [7, 11) is 0. The normalized spacial score (nSPS) is 12.1. The second kappa shape index (κ2) is 11.0. The third-order valence-corrected chi connectivity index (χ3v) is 6.54. The van der Waals surface area contributed by atoms with Gasteiger partial charge in [-0.25, -0.2) is 4.98 Å². The van der Waals surface area contributed by atoms with Crippen molar-refractivity contribution < 1.29 is 22.8 Å². The molecule has 0 aliphatic rings. The van der Waals surface area contributed by atoms with Crippen LogP contribution in [0.25, 0.3) is 22.0 Å². The number of halogens is 3. The Morgan fingerprint density at radius 3 is 2.20 bits per heavy atom. The molecule has 0 radical (unpaired) electrons. The van der Waals surface area contributed by atoms with E-state index in [0.717, 1.165) is 23.1 Å². The highest BCUT2D eigenvalue weighted by Gasteiger charge is 2.30. The highest BCUT2D eigenvalue weighted by atomic mass is 19.4. The number of anilines is 1. The fourth-order valence-corrected chi connectivity index (χ4v) is 4.40. The number of amides is 2. The molecule has 1 heterocycles. The van der Waals surface area contributed by atoms with Crippen molar-refractivity contribution >= 4 is 28.5 Å². The smallest absolute Gasteiger partial charge is 0.346 e. The Kier molecular flexibility index (Phi) is 7.33. The average Bonchev–Trinajstić information content (AvgIpc) is 2.97. The van der Waals surface area contributed by atoms with Gasteiger partial charge in [-0.3, -0.25) is 9.59 Å². The number of hydrogen-bond acceptors (Lipinski definition) is 3. The minimum atomic E-state index is -4.44. The van der Waals surface area contributed by atoms with E-state index in [2.05, 4.69) is 15.6 Å². The summed E-state index contributed by atoms with van der Waals surface area (Å²) in [4.78, 5) is 30.5. The standard InChI is InChI=1S/C32H24F3N3O2/c1-20(21-7-3-2-4-8-21)36-30(39)24-13-17-28-23(19-24)14-18-29(37-28)38-31(40)27-10-6-5-9-26(27)22-11-15-25(16-12-22)32(33,34)35/h2-20H,1H3,(H,36,39)(H,37,38,40). The number of aromatic nitrogens is 1. The Morgan fingerprint density at radius 2 is 1.48 bits per heavy atom. The first-order valence-electron chi connectivity index (χ1n) is 12.5. The first-order chi connectivity index (χ1) is 19.2. The molecule has 40 heavy (non-hydrogen) atoms. The topological polar surface area (TPSA) is 71.1 Å². The molecule has 8 heteroatoms. The first kappa shape index (κ1) is 26.6. The lowest BCUT2D eigenvalue weighted by molar-refractivity contribution is -0.137. The van der Waals surface area contributed by atoms with Gasteiger partial charge < -0.3 is 10.6 Å². The maximum absolute atomic E-state index is 13.1. The number of pyridine rings is 1. The van der Waals surface area contributed by atoms with Crippen LogP contribution in [0.15, 0.2) is 109 Å². The molecule has 5 nitrogen and oxygen atoms in total. The summed E-state index contributed by atoms with van der Waals surface area (Å²) < 4.78 is 38.9. The van der Waals surface area contributed by atoms with Crippen LogP contribution in [0.3, 0.4) is 0 Å². The lowest BCUT2D eigenvalue weighted by Crippen LogP contribution is -2.26. The molecular weight excluding hydrogens is 515 g/mol. The number of fused-ring (bicyclic) bond motifs is 1. The molecule has 1 atom stereocenters. The van der Waals surface area contributed by atoms with E-state index in [4.69, 9.17) is 0 Å². The molecule has 0 spiro atoms. The number of alkyl halides is 3. The Labute approximate surface area is 228 Å². The molecule has 2 N–H and O–H groups in total. The van der Waals surface area contributed by atoms with Gasteiger partial charge in [-0.05, 0) is 72.1 Å². The number of carbonyl (C=O) groups is 2. The van der Waals surface area contributed by atoms with Gasteiger partial charge in [-0.1, -0.05) is 60.7 Å². The Hall–Kier alpha value is -4.98. The fourth-order valence-electron chi connectivity index (χ4n) is 4.40. The van der Waals surface area contributed by atoms with Gasteiger partial charge in [-0.2, -0.15) is 13.2 Å². The molecule has 4 aromatic carbocycles. The fraction of sp³-hybridized carbons (Fsp3) is 0.0938. The SMILES string of the molecule is CC(NC(=O)c1ccc2nc(NC(=O)c3ccccc3-c3ccc(C(F)(F)F)cc3)ccc2c1)c1ccccc1. The number of benzene rings is 4. The van der Waals surface area contributed by atoms with Crippen LogP contribution in [0.4, 0.5) is 19.0 Å². The van der Waals surface area contributed by atoms with E-state index >= 15 is 0 Å². The Morgan fingerprint density at radius 1 is 0.775 bits per heavy atom. The van der Waals surface area contributed by atoms with Crippen LogP contribution in [-0.4, -0.2) is 16.8 Å². The van der Waals surface area contributed by atoms with Gasteiger partial charge in [0.25, 0.3) is 11.8 Å². The molecule has 2 amide bonds. The number of nitrogens with one attached hydrogen (secondary N) is 2. The second-order valence-electron chi connectivity index (χ2n) is 9.28. The molecular formula is C32H24F3N3O2. The zero-order valence-electron chi connectivity index (χ0n) is 21.4. The Balaban J connectivity index is 1.32. The number of rotatable bonds is 6. The second-order valence-corrected chi connectivity index (χ2v) is 9.28. The third kappa shape index (κ3) is 5.86. The predicted molar refractivity (Wildman–Crippen MR) is 149 cm³/mol. The molecule has 0 aliphatic carbocycles. The lowest BCUT2D eigenvalue weighted by atomic mass is 9.98. The van der Waals surface area contributed by atoms with E-state index in [1.54, 1.807) is 54.6 Å². The van der Waals surface area contributed by atoms with Crippen molar-refractivity contribution in [2.24, 2.45) is 0 Å². The van der Waals surface area contributed by atoms with Crippen LogP contribution in [-0.2, 0) is 6.18 Å². The van der Waals surface area contributed by atoms with Crippen LogP contribution >= 0.6 is 0 Å². The van der Waals surface area contributed by atoms with Crippen LogP contribution in [0.5, 0.6) is 0 Å². The van der Waals surface area contributed by atoms with Crippen LogP contribution < -0.4 is 10.6 Å². The Bertz CT molecular complexity index is 1680. The first-order valence-corrected chi connectivity index (χ1v) is 12.5. The molecule has 0 fully saturated rings. The van der Waals surface area contributed by atoms with Gasteiger partial charge in [0, 0.05) is 16.5 Å². The highest BCUT2D eigenvalue weighted by molar-refractivity contribution is 6.08. The van der Waals surface area contributed by atoms with Crippen molar-refractivity contribution in [1.29, 1.82) is 0 Å². The average molecular weight is 540 g/mol. The van der Waals surface area contributed by atoms with Crippen molar-refractivity contribution in [3.8, 4) is 11.1 Å². The van der Waals surface area contributed by atoms with Gasteiger partial charge in [0.05, 0.1) is 17.1 Å². The maximum Gasteiger partial charge on any atom is 0.416 e. The highest BCUT2D eigenvalue weighted by Crippen LogP contribution is 2.32. The molecule has 5 aromatic rings. The summed E-state index contributed by atoms with van der Waals surface area (Å²) in [6.07, 6.45) is -4.44. The summed E-state index contributed by atoms with van der Waals surface area (Å²) in [5.41, 5.74) is 2.58. The van der Waals surface area contributed by atoms with Crippen molar-refractivity contribution in [2.75, 3.05) is 5.32 Å². The summed E-state index contributed by atoms with van der Waals surface area (Å²) >= 11 is 0. The molecule has 0 aliphatic heterocycles. The maximum atomic E-state index is 13.1. The minimum absolute atomic E-state index is 0.162. The van der Waals surface area contributed by atoms with E-state index in [0.29, 0.717) is 33.6 Å². The van der Waals surface area contributed by atoms with E-state index in [9.17, 15) is 22.8 Å². The van der Waals surface area contributed by atoms with Gasteiger partial charge in [0.1, 0.15) is 5.82 Å². The van der Waals surface area contributed by atoms with Gasteiger partial charge in [0.15, 0.2) is 0 Å². The van der Waals surface area contributed by atoms with Crippen LogP contribution in [0, 0.1) is 0 Å². The van der Waals surface area contributed by atoms with Gasteiger partial charge in [0.2, 0.25) is 0 Å². The van der Waals surface area contributed by atoms with Crippen molar-refractivity contribution in [3.05, 3.63) is 131 Å². The summed E-state index contributed by atoms with van der Waals surface area (Å²) in [6.45, 7) is 1.92. The molecule has 1 aromatic heterocycles. The number of carbonyl (C=O) groups excluding carboxylic acids is 2. The van der Waals surface area contributed by atoms with Crippen LogP contribution in [0.1, 0.15) is 44.8 Å². The summed E-state index contributed by atoms with van der Waals surface area (Å²) in [5.74, 6) is -0.363. The van der Waals surface area contributed by atoms with Crippen molar-refractivity contribution in [3.63, 3.8) is 0 Å². The van der Waals surface area contributed by atoms with E-state index < -0.39 is 17.6 Å². The van der Waals surface area contributed by atoms with E-state index in [-0.39, 0.29) is 11.9 Å². The third-order valence-electron chi connectivity index (χ3n) is 6.54. The van der Waals surface area contributed by atoms with Crippen LogP contribution in [0.2, 0.25) is 0 Å². The molecule has 5 rings (SSSR count). The zero-order valence-corrected chi connectivity index (χ0v) is 21.4. The number of hydrogen-bond donors (Lipinski definition) is 2. The monoisotopic (exact) mass is 539 g/mol. The van der Waals surface area contributed by atoms with E-state index in [1.807, 2.05) is 37.3 Å². The summed E-state index contributed by atoms with van der Waals surface area (Å²) in [6, 6.07) is 29.4. The molecule has 1 unspecified atom stereocenters. The largest absolute Gasteiger partial charge is 0.416 e. The molecule has 0 saturated heterocycles. The quantitative estimate of drug-likeness (QED) is 0.233. The van der Waals surface area contributed by atoms with Gasteiger partial charge in [-0.15, -0.1) is 0 Å². The molecule has 0 saturated carbocycles. The molecule has 200 valence electrons. The van der Waals surface area contributed by atoms with Crippen molar-refractivity contribution in [2.45, 2.75) is 19.1 Å².